The minimum absolute atomic E-state index is 0.0286. The average molecular weight is 309 g/mol. The van der Waals surface area contributed by atoms with Gasteiger partial charge in [0.05, 0.1) is 24.1 Å². The Morgan fingerprint density at radius 1 is 1.38 bits per heavy atom. The molecule has 0 aliphatic rings. The van der Waals surface area contributed by atoms with E-state index >= 15 is 0 Å². The van der Waals surface area contributed by atoms with Gasteiger partial charge in [-0.05, 0) is 30.3 Å². The van der Waals surface area contributed by atoms with Crippen LogP contribution in [0.2, 0.25) is 5.02 Å². The van der Waals surface area contributed by atoms with E-state index in [0.29, 0.717) is 10.8 Å². The highest BCUT2D eigenvalue weighted by Gasteiger charge is 2.16. The van der Waals surface area contributed by atoms with Crippen molar-refractivity contribution in [2.75, 3.05) is 12.4 Å². The van der Waals surface area contributed by atoms with Gasteiger partial charge in [-0.15, -0.1) is 0 Å². The third-order valence-electron chi connectivity index (χ3n) is 2.77. The summed E-state index contributed by atoms with van der Waals surface area (Å²) in [6.07, 6.45) is 1.51. The van der Waals surface area contributed by atoms with Crippen molar-refractivity contribution in [3.63, 3.8) is 0 Å². The number of nitrogens with zero attached hydrogens (tertiary/aromatic N) is 1. The second-order valence-electron chi connectivity index (χ2n) is 4.36. The fourth-order valence-electron chi connectivity index (χ4n) is 1.73. The van der Waals surface area contributed by atoms with Gasteiger partial charge in [-0.2, -0.15) is 0 Å². The Kier molecular flexibility index (Phi) is 4.49. The topological polar surface area (TPSA) is 82.8 Å². The number of anilines is 1. The number of furan rings is 1. The van der Waals surface area contributed by atoms with Gasteiger partial charge >= 0.3 is 12.0 Å². The molecule has 7 heteroatoms. The Labute approximate surface area is 125 Å². The van der Waals surface area contributed by atoms with Gasteiger partial charge in [-0.3, -0.25) is 0 Å². The van der Waals surface area contributed by atoms with E-state index in [1.54, 1.807) is 19.2 Å². The lowest BCUT2D eigenvalue weighted by atomic mass is 10.2. The third kappa shape index (κ3) is 3.76. The molecule has 2 N–H and O–H groups in total. The van der Waals surface area contributed by atoms with E-state index in [1.165, 1.54) is 29.4 Å². The molecule has 1 aromatic carbocycles. The van der Waals surface area contributed by atoms with Crippen molar-refractivity contribution in [1.82, 2.24) is 4.90 Å². The Balaban J connectivity index is 2.11. The summed E-state index contributed by atoms with van der Waals surface area (Å²) in [6.45, 7) is 0.266. The normalized spacial score (nSPS) is 10.2. The molecule has 6 nitrogen and oxygen atoms in total. The van der Waals surface area contributed by atoms with Gasteiger partial charge in [0.15, 0.2) is 0 Å². The van der Waals surface area contributed by atoms with Gasteiger partial charge in [0.1, 0.15) is 5.76 Å². The second-order valence-corrected chi connectivity index (χ2v) is 4.80. The predicted molar refractivity (Wildman–Crippen MR) is 77.6 cm³/mol. The number of carboxylic acid groups (broad SMARTS) is 1. The summed E-state index contributed by atoms with van der Waals surface area (Å²) in [7, 11) is 1.57. The molecule has 0 atom stereocenters. The van der Waals surface area contributed by atoms with Crippen molar-refractivity contribution in [3.8, 4) is 0 Å². The van der Waals surface area contributed by atoms with E-state index in [4.69, 9.17) is 21.1 Å². The molecule has 0 fully saturated rings. The first-order valence-electron chi connectivity index (χ1n) is 6.04. The van der Waals surface area contributed by atoms with Gasteiger partial charge in [-0.1, -0.05) is 11.6 Å². The molecule has 2 aromatic rings. The molecule has 0 bridgehead atoms. The highest BCUT2D eigenvalue weighted by molar-refractivity contribution is 6.31. The number of urea groups is 1. The largest absolute Gasteiger partial charge is 0.478 e. The van der Waals surface area contributed by atoms with Crippen molar-refractivity contribution in [3.05, 3.63) is 52.9 Å². The number of aromatic carboxylic acids is 1. The zero-order valence-electron chi connectivity index (χ0n) is 11.2. The van der Waals surface area contributed by atoms with E-state index < -0.39 is 12.0 Å². The van der Waals surface area contributed by atoms with Crippen molar-refractivity contribution in [2.24, 2.45) is 0 Å². The molecule has 0 aliphatic carbocycles. The molecule has 1 aromatic heterocycles. The zero-order valence-corrected chi connectivity index (χ0v) is 11.9. The van der Waals surface area contributed by atoms with Crippen LogP contribution in [0.5, 0.6) is 0 Å². The molecule has 2 amide bonds. The molecule has 0 saturated heterocycles. The number of benzene rings is 1. The fourth-order valence-corrected chi connectivity index (χ4v) is 1.90. The zero-order chi connectivity index (χ0) is 15.4. The number of hydrogen-bond donors (Lipinski definition) is 2. The number of nitrogens with one attached hydrogen (secondary N) is 1. The molecule has 0 unspecified atom stereocenters. The molecule has 2 rings (SSSR count). The molecule has 110 valence electrons. The minimum atomic E-state index is -1.14. The van der Waals surface area contributed by atoms with Crippen LogP contribution in [0.1, 0.15) is 16.1 Å². The molecule has 21 heavy (non-hydrogen) atoms. The number of carbonyl (C=O) groups excluding carboxylic acids is 1. The monoisotopic (exact) mass is 308 g/mol. The summed E-state index contributed by atoms with van der Waals surface area (Å²) in [6, 6.07) is 7.19. The maximum Gasteiger partial charge on any atom is 0.337 e. The van der Waals surface area contributed by atoms with Crippen LogP contribution in [0.25, 0.3) is 0 Å². The van der Waals surface area contributed by atoms with Gasteiger partial charge in [0.25, 0.3) is 0 Å². The second kappa shape index (κ2) is 6.32. The van der Waals surface area contributed by atoms with Crippen molar-refractivity contribution in [2.45, 2.75) is 6.54 Å². The molecular formula is C14H13ClN2O4. The number of carboxylic acids is 1. The highest BCUT2D eigenvalue weighted by atomic mass is 35.5. The van der Waals surface area contributed by atoms with Crippen LogP contribution in [-0.4, -0.2) is 29.1 Å². The van der Waals surface area contributed by atoms with Crippen LogP contribution < -0.4 is 5.32 Å². The Morgan fingerprint density at radius 2 is 2.14 bits per heavy atom. The van der Waals surface area contributed by atoms with Crippen molar-refractivity contribution in [1.29, 1.82) is 0 Å². The van der Waals surface area contributed by atoms with Gasteiger partial charge in [-0.25, -0.2) is 9.59 Å². The Morgan fingerprint density at radius 3 is 2.76 bits per heavy atom. The smallest absolute Gasteiger partial charge is 0.337 e. The lowest BCUT2D eigenvalue weighted by molar-refractivity contribution is 0.0698. The Hall–Kier alpha value is -2.47. The van der Waals surface area contributed by atoms with Gasteiger partial charge in [0, 0.05) is 12.1 Å². The van der Waals surface area contributed by atoms with Crippen molar-refractivity contribution >= 4 is 29.3 Å². The number of halogens is 1. The maximum absolute atomic E-state index is 12.1. The van der Waals surface area contributed by atoms with Crippen LogP contribution in [0.3, 0.4) is 0 Å². The van der Waals surface area contributed by atoms with Crippen molar-refractivity contribution < 1.29 is 19.1 Å². The maximum atomic E-state index is 12.1. The van der Waals surface area contributed by atoms with E-state index in [2.05, 4.69) is 5.32 Å². The number of amides is 2. The SMILES string of the molecule is CN(Cc1ccco1)C(=O)Nc1cc(Cl)ccc1C(=O)O. The lowest BCUT2D eigenvalue weighted by Crippen LogP contribution is -2.31. The first kappa shape index (κ1) is 14.9. The molecular weight excluding hydrogens is 296 g/mol. The molecule has 1 heterocycles. The summed E-state index contributed by atoms with van der Waals surface area (Å²) in [5.74, 6) is -0.521. The fraction of sp³-hybridized carbons (Fsp3) is 0.143. The van der Waals surface area contributed by atoms with E-state index in [9.17, 15) is 9.59 Å². The molecule has 0 spiro atoms. The van der Waals surface area contributed by atoms with Crippen LogP contribution in [0.15, 0.2) is 41.0 Å². The highest BCUT2D eigenvalue weighted by Crippen LogP contribution is 2.21. The summed E-state index contributed by atoms with van der Waals surface area (Å²) in [5.41, 5.74) is 0.116. The van der Waals surface area contributed by atoms with Gasteiger partial charge in [0.2, 0.25) is 0 Å². The first-order valence-corrected chi connectivity index (χ1v) is 6.42. The minimum Gasteiger partial charge on any atom is -0.478 e. The molecule has 0 aliphatic heterocycles. The lowest BCUT2D eigenvalue weighted by Gasteiger charge is -2.17. The van der Waals surface area contributed by atoms with E-state index in [1.807, 2.05) is 0 Å². The first-order chi connectivity index (χ1) is 9.97. The van der Waals surface area contributed by atoms with Crippen LogP contribution in [-0.2, 0) is 6.54 Å². The standard InChI is InChI=1S/C14H13ClN2O4/c1-17(8-10-3-2-6-21-10)14(20)16-12-7-9(15)4-5-11(12)13(18)19/h2-7H,8H2,1H3,(H,16,20)(H,18,19). The quantitative estimate of drug-likeness (QED) is 0.908. The van der Waals surface area contributed by atoms with Crippen LogP contribution in [0, 0.1) is 0 Å². The summed E-state index contributed by atoms with van der Waals surface area (Å²) >= 11 is 5.83. The van der Waals surface area contributed by atoms with E-state index in [0.717, 1.165) is 0 Å². The Bertz CT molecular complexity index is 655. The predicted octanol–water partition coefficient (Wildman–Crippen LogP) is 3.30. The van der Waals surface area contributed by atoms with Crippen LogP contribution >= 0.6 is 11.6 Å². The van der Waals surface area contributed by atoms with E-state index in [-0.39, 0.29) is 17.8 Å². The number of hydrogen-bond acceptors (Lipinski definition) is 3. The summed E-state index contributed by atoms with van der Waals surface area (Å²) < 4.78 is 5.15. The third-order valence-corrected chi connectivity index (χ3v) is 3.01. The van der Waals surface area contributed by atoms with Gasteiger partial charge < -0.3 is 19.7 Å². The summed E-state index contributed by atoms with van der Waals surface area (Å²) in [4.78, 5) is 24.5. The summed E-state index contributed by atoms with van der Waals surface area (Å²) in [5, 5.41) is 12.0. The number of rotatable bonds is 4. The molecule has 0 radical (unpaired) electrons. The number of carbonyl (C=O) groups is 2. The average Bonchev–Trinajstić information content (AvgIpc) is 2.91. The molecule has 0 saturated carbocycles. The van der Waals surface area contributed by atoms with Crippen LogP contribution in [0.4, 0.5) is 10.5 Å².